The Kier molecular flexibility index (Phi) is 4.30. The van der Waals surface area contributed by atoms with Crippen molar-refractivity contribution in [1.29, 1.82) is 0 Å². The maximum Gasteiger partial charge on any atom is 0.275 e. The van der Waals surface area contributed by atoms with Gasteiger partial charge in [0.15, 0.2) is 5.60 Å². The van der Waals surface area contributed by atoms with Crippen molar-refractivity contribution in [2.75, 3.05) is 11.9 Å². The van der Waals surface area contributed by atoms with Crippen molar-refractivity contribution in [2.24, 2.45) is 4.99 Å². The standard InChI is InChI=1S/C24H22N4O3/c1-3-12-25-22(30)24(13-15-14-26-18-10-6-4-8-16(15)18)28-20-17-9-5-7-11-19(17)27-21(29)23(20,2)31-24/h3-11,14,26H,1,12-13H2,2H3,(H,25,30)(H,27,29). The molecule has 0 saturated heterocycles. The molecule has 2 aliphatic rings. The zero-order valence-electron chi connectivity index (χ0n) is 17.1. The lowest BCUT2D eigenvalue weighted by Crippen LogP contribution is -2.55. The first-order valence-corrected chi connectivity index (χ1v) is 10.1. The lowest BCUT2D eigenvalue weighted by Gasteiger charge is -2.33. The Morgan fingerprint density at radius 1 is 1.23 bits per heavy atom. The minimum Gasteiger partial charge on any atom is -0.361 e. The zero-order valence-corrected chi connectivity index (χ0v) is 17.1. The quantitative estimate of drug-likeness (QED) is 0.560. The molecule has 5 rings (SSSR count). The highest BCUT2D eigenvalue weighted by Gasteiger charge is 2.59. The average molecular weight is 414 g/mol. The van der Waals surface area contributed by atoms with Gasteiger partial charge < -0.3 is 20.4 Å². The number of hydrogen-bond donors (Lipinski definition) is 3. The van der Waals surface area contributed by atoms with Crippen LogP contribution in [0.15, 0.2) is 72.4 Å². The van der Waals surface area contributed by atoms with Crippen molar-refractivity contribution in [1.82, 2.24) is 10.3 Å². The summed E-state index contributed by atoms with van der Waals surface area (Å²) in [5.41, 5.74) is 0.726. The van der Waals surface area contributed by atoms with E-state index in [9.17, 15) is 9.59 Å². The fraction of sp³-hybridized carbons (Fsp3) is 0.208. The van der Waals surface area contributed by atoms with E-state index in [2.05, 4.69) is 22.2 Å². The van der Waals surface area contributed by atoms with Crippen molar-refractivity contribution < 1.29 is 14.3 Å². The molecule has 7 heteroatoms. The van der Waals surface area contributed by atoms with E-state index >= 15 is 0 Å². The van der Waals surface area contributed by atoms with Crippen LogP contribution in [0.5, 0.6) is 0 Å². The van der Waals surface area contributed by atoms with E-state index in [1.807, 2.05) is 54.7 Å². The van der Waals surface area contributed by atoms with E-state index in [0.717, 1.165) is 22.0 Å². The van der Waals surface area contributed by atoms with Gasteiger partial charge in [-0.15, -0.1) is 6.58 Å². The molecular weight excluding hydrogens is 392 g/mol. The number of nitrogens with zero attached hydrogens (tertiary/aromatic N) is 1. The molecule has 2 aromatic carbocycles. The maximum absolute atomic E-state index is 13.4. The molecule has 3 N–H and O–H groups in total. The molecule has 0 aliphatic carbocycles. The number of hydrogen-bond acceptors (Lipinski definition) is 4. The van der Waals surface area contributed by atoms with Gasteiger partial charge in [-0.25, -0.2) is 4.99 Å². The number of H-pyrrole nitrogens is 1. The molecule has 2 unspecified atom stereocenters. The lowest BCUT2D eigenvalue weighted by molar-refractivity contribution is -0.160. The molecule has 3 heterocycles. The maximum atomic E-state index is 13.4. The summed E-state index contributed by atoms with van der Waals surface area (Å²) in [5.74, 6) is -0.756. The van der Waals surface area contributed by atoms with Crippen LogP contribution in [0.25, 0.3) is 10.9 Å². The van der Waals surface area contributed by atoms with Gasteiger partial charge in [-0.2, -0.15) is 0 Å². The Labute approximate surface area is 179 Å². The van der Waals surface area contributed by atoms with Gasteiger partial charge in [-0.05, 0) is 24.6 Å². The molecule has 7 nitrogen and oxygen atoms in total. The van der Waals surface area contributed by atoms with Gasteiger partial charge in [0.2, 0.25) is 5.72 Å². The largest absolute Gasteiger partial charge is 0.361 e. The molecule has 2 atom stereocenters. The predicted molar refractivity (Wildman–Crippen MR) is 119 cm³/mol. The van der Waals surface area contributed by atoms with Gasteiger partial charge in [0.25, 0.3) is 11.8 Å². The van der Waals surface area contributed by atoms with Crippen LogP contribution in [0, 0.1) is 0 Å². The number of benzene rings is 2. The number of aliphatic imine (C=N–C) groups is 1. The second-order valence-corrected chi connectivity index (χ2v) is 7.91. The Morgan fingerprint density at radius 3 is 2.84 bits per heavy atom. The average Bonchev–Trinajstić information content (AvgIpc) is 3.32. The third-order valence-electron chi connectivity index (χ3n) is 5.85. The molecule has 1 aromatic heterocycles. The summed E-state index contributed by atoms with van der Waals surface area (Å²) in [7, 11) is 0. The van der Waals surface area contributed by atoms with Crippen LogP contribution >= 0.6 is 0 Å². The van der Waals surface area contributed by atoms with Crippen LogP contribution in [-0.2, 0) is 20.7 Å². The van der Waals surface area contributed by atoms with Crippen LogP contribution in [0.1, 0.15) is 18.1 Å². The van der Waals surface area contributed by atoms with Crippen molar-refractivity contribution in [3.8, 4) is 0 Å². The molecule has 156 valence electrons. The Hall–Kier alpha value is -3.71. The monoisotopic (exact) mass is 414 g/mol. The number of rotatable bonds is 5. The summed E-state index contributed by atoms with van der Waals surface area (Å²) in [6, 6.07) is 15.2. The predicted octanol–water partition coefficient (Wildman–Crippen LogP) is 2.94. The number of aromatic amines is 1. The van der Waals surface area contributed by atoms with E-state index in [1.165, 1.54) is 0 Å². The molecule has 3 aromatic rings. The molecular formula is C24H22N4O3. The Morgan fingerprint density at radius 2 is 2.00 bits per heavy atom. The number of fused-ring (bicyclic) bond motifs is 4. The van der Waals surface area contributed by atoms with E-state index in [0.29, 0.717) is 11.4 Å². The fourth-order valence-corrected chi connectivity index (χ4v) is 4.30. The smallest absolute Gasteiger partial charge is 0.275 e. The van der Waals surface area contributed by atoms with Gasteiger partial charge in [-0.1, -0.05) is 42.5 Å². The highest BCUT2D eigenvalue weighted by Crippen LogP contribution is 2.42. The van der Waals surface area contributed by atoms with E-state index in [4.69, 9.17) is 9.73 Å². The highest BCUT2D eigenvalue weighted by atomic mass is 16.6. The summed E-state index contributed by atoms with van der Waals surface area (Å²) in [5, 5.41) is 6.67. The molecule has 31 heavy (non-hydrogen) atoms. The number of ether oxygens (including phenoxy) is 1. The topological polar surface area (TPSA) is 95.6 Å². The minimum absolute atomic E-state index is 0.175. The van der Waals surface area contributed by atoms with Crippen LogP contribution in [0.4, 0.5) is 5.69 Å². The van der Waals surface area contributed by atoms with Gasteiger partial charge in [0.1, 0.15) is 0 Å². The van der Waals surface area contributed by atoms with Crippen molar-refractivity contribution in [3.63, 3.8) is 0 Å². The van der Waals surface area contributed by atoms with Crippen molar-refractivity contribution in [3.05, 3.63) is 78.5 Å². The normalized spacial score (nSPS) is 24.2. The summed E-state index contributed by atoms with van der Waals surface area (Å²) in [6.07, 6.45) is 3.62. The third kappa shape index (κ3) is 2.89. The fourth-order valence-electron chi connectivity index (χ4n) is 4.30. The third-order valence-corrected chi connectivity index (χ3v) is 5.85. The number of amides is 2. The summed E-state index contributed by atoms with van der Waals surface area (Å²) < 4.78 is 6.31. The second-order valence-electron chi connectivity index (χ2n) is 7.91. The van der Waals surface area contributed by atoms with Crippen LogP contribution < -0.4 is 10.6 Å². The first-order valence-electron chi connectivity index (χ1n) is 10.1. The number of aromatic nitrogens is 1. The van der Waals surface area contributed by atoms with Gasteiger partial charge in [-0.3, -0.25) is 9.59 Å². The molecule has 0 bridgehead atoms. The van der Waals surface area contributed by atoms with Crippen molar-refractivity contribution in [2.45, 2.75) is 24.7 Å². The first-order chi connectivity index (χ1) is 15.0. The van der Waals surface area contributed by atoms with E-state index < -0.39 is 17.2 Å². The Balaban J connectivity index is 1.66. The molecule has 0 fully saturated rings. The molecule has 2 aliphatic heterocycles. The minimum atomic E-state index is -1.59. The summed E-state index contributed by atoms with van der Waals surface area (Å²) in [6.45, 7) is 5.59. The second kappa shape index (κ2) is 6.92. The number of carbonyl (C=O) groups excluding carboxylic acids is 2. The Bertz CT molecular complexity index is 1260. The summed E-state index contributed by atoms with van der Waals surface area (Å²) >= 11 is 0. The number of nitrogens with one attached hydrogen (secondary N) is 3. The molecule has 2 amide bonds. The molecule has 0 spiro atoms. The van der Waals surface area contributed by atoms with Gasteiger partial charge >= 0.3 is 0 Å². The van der Waals surface area contributed by atoms with E-state index in [-0.39, 0.29) is 18.9 Å². The van der Waals surface area contributed by atoms with Crippen LogP contribution in [-0.4, -0.2) is 40.4 Å². The summed E-state index contributed by atoms with van der Waals surface area (Å²) in [4.78, 5) is 34.4. The zero-order chi connectivity index (χ0) is 21.6. The first kappa shape index (κ1) is 19.3. The van der Waals surface area contributed by atoms with Crippen LogP contribution in [0.2, 0.25) is 0 Å². The van der Waals surface area contributed by atoms with Gasteiger partial charge in [0.05, 0.1) is 11.4 Å². The number of para-hydroxylation sites is 2. The van der Waals surface area contributed by atoms with Crippen LogP contribution in [0.3, 0.4) is 0 Å². The number of anilines is 1. The SMILES string of the molecule is C=CCNC(=O)C1(Cc2c[nH]c3ccccc23)N=C2c3ccccc3NC(=O)C2(C)O1. The molecule has 0 saturated carbocycles. The lowest BCUT2D eigenvalue weighted by atomic mass is 9.88. The highest BCUT2D eigenvalue weighted by molar-refractivity contribution is 6.29. The van der Waals surface area contributed by atoms with Gasteiger partial charge in [0, 0.05) is 35.6 Å². The molecule has 0 radical (unpaired) electrons. The van der Waals surface area contributed by atoms with Crippen molar-refractivity contribution >= 4 is 34.1 Å². The van der Waals surface area contributed by atoms with E-state index in [1.54, 1.807) is 13.0 Å². The number of carbonyl (C=O) groups is 2.